The maximum atomic E-state index is 11.8. The summed E-state index contributed by atoms with van der Waals surface area (Å²) in [6.07, 6.45) is 5.96. The van der Waals surface area contributed by atoms with Crippen molar-refractivity contribution in [1.82, 2.24) is 0 Å². The number of carboxylic acids is 1. The summed E-state index contributed by atoms with van der Waals surface area (Å²) in [7, 11) is 0. The minimum absolute atomic E-state index is 0.431. The van der Waals surface area contributed by atoms with Crippen LogP contribution in [0.2, 0.25) is 0 Å². The van der Waals surface area contributed by atoms with Crippen molar-refractivity contribution < 1.29 is 9.90 Å². The van der Waals surface area contributed by atoms with Gasteiger partial charge in [-0.05, 0) is 62.2 Å². The fourth-order valence-corrected chi connectivity index (χ4v) is 3.92. The standard InChI is InChI=1S/C17H32O2/c1-12(2)10-14(5)11-17(16(18)19)8-6-15(7-9-17)13(3)4/h12-15H,6-11H2,1-5H3,(H,18,19). The molecule has 0 heterocycles. The summed E-state index contributed by atoms with van der Waals surface area (Å²) < 4.78 is 0. The zero-order valence-electron chi connectivity index (χ0n) is 13.4. The normalized spacial score (nSPS) is 29.7. The smallest absolute Gasteiger partial charge is 0.309 e. The number of hydrogen-bond donors (Lipinski definition) is 1. The lowest BCUT2D eigenvalue weighted by molar-refractivity contribution is -0.153. The molecule has 0 aromatic carbocycles. The first kappa shape index (κ1) is 16.5. The molecule has 19 heavy (non-hydrogen) atoms. The van der Waals surface area contributed by atoms with Crippen molar-refractivity contribution in [3.63, 3.8) is 0 Å². The van der Waals surface area contributed by atoms with E-state index in [9.17, 15) is 9.90 Å². The topological polar surface area (TPSA) is 37.3 Å². The number of hydrogen-bond acceptors (Lipinski definition) is 1. The van der Waals surface area contributed by atoms with Gasteiger partial charge >= 0.3 is 5.97 Å². The highest BCUT2D eigenvalue weighted by Crippen LogP contribution is 2.46. The second-order valence-corrected chi connectivity index (χ2v) is 7.61. The van der Waals surface area contributed by atoms with Crippen molar-refractivity contribution in [3.05, 3.63) is 0 Å². The summed E-state index contributed by atoms with van der Waals surface area (Å²) in [5, 5.41) is 9.70. The molecule has 1 saturated carbocycles. The van der Waals surface area contributed by atoms with Gasteiger partial charge in [0.1, 0.15) is 0 Å². The van der Waals surface area contributed by atoms with E-state index in [2.05, 4.69) is 34.6 Å². The first-order valence-electron chi connectivity index (χ1n) is 8.00. The van der Waals surface area contributed by atoms with Crippen LogP contribution in [0.1, 0.15) is 73.1 Å². The lowest BCUT2D eigenvalue weighted by atomic mass is 9.64. The Morgan fingerprint density at radius 2 is 1.68 bits per heavy atom. The molecule has 1 aliphatic rings. The molecule has 0 aromatic rings. The van der Waals surface area contributed by atoms with Crippen LogP contribution in [0.25, 0.3) is 0 Å². The number of carbonyl (C=O) groups is 1. The van der Waals surface area contributed by atoms with Gasteiger partial charge < -0.3 is 5.11 Å². The molecule has 1 N–H and O–H groups in total. The van der Waals surface area contributed by atoms with Gasteiger partial charge in [-0.15, -0.1) is 0 Å². The Hall–Kier alpha value is -0.530. The molecule has 0 spiro atoms. The van der Waals surface area contributed by atoms with Crippen molar-refractivity contribution in [2.45, 2.75) is 73.1 Å². The predicted octanol–water partition coefficient (Wildman–Crippen LogP) is 4.98. The van der Waals surface area contributed by atoms with E-state index >= 15 is 0 Å². The molecule has 1 rings (SSSR count). The highest BCUT2D eigenvalue weighted by atomic mass is 16.4. The summed E-state index contributed by atoms with van der Waals surface area (Å²) in [5.74, 6) is 2.05. The van der Waals surface area contributed by atoms with Crippen LogP contribution < -0.4 is 0 Å². The van der Waals surface area contributed by atoms with Crippen LogP contribution in [-0.4, -0.2) is 11.1 Å². The fourth-order valence-electron chi connectivity index (χ4n) is 3.92. The summed E-state index contributed by atoms with van der Waals surface area (Å²) in [4.78, 5) is 11.8. The molecule has 2 nitrogen and oxygen atoms in total. The van der Waals surface area contributed by atoms with Gasteiger partial charge in [0.25, 0.3) is 0 Å². The number of carboxylic acid groups (broad SMARTS) is 1. The Labute approximate surface area is 119 Å². The maximum absolute atomic E-state index is 11.8. The Morgan fingerprint density at radius 3 is 2.05 bits per heavy atom. The Balaban J connectivity index is 2.65. The molecule has 0 aromatic heterocycles. The average Bonchev–Trinajstić information content (AvgIpc) is 2.27. The van der Waals surface area contributed by atoms with E-state index in [1.54, 1.807) is 0 Å². The van der Waals surface area contributed by atoms with Crippen LogP contribution in [0.15, 0.2) is 0 Å². The molecule has 112 valence electrons. The fraction of sp³-hybridized carbons (Fsp3) is 0.941. The van der Waals surface area contributed by atoms with Crippen LogP contribution in [0.3, 0.4) is 0 Å². The van der Waals surface area contributed by atoms with E-state index in [4.69, 9.17) is 0 Å². The van der Waals surface area contributed by atoms with Gasteiger partial charge in [-0.3, -0.25) is 4.79 Å². The Morgan fingerprint density at radius 1 is 1.16 bits per heavy atom. The van der Waals surface area contributed by atoms with Gasteiger partial charge in [0, 0.05) is 0 Å². The van der Waals surface area contributed by atoms with Crippen molar-refractivity contribution in [2.24, 2.45) is 29.1 Å². The first-order chi connectivity index (χ1) is 8.77. The van der Waals surface area contributed by atoms with E-state index in [0.29, 0.717) is 17.8 Å². The van der Waals surface area contributed by atoms with Crippen molar-refractivity contribution in [1.29, 1.82) is 0 Å². The van der Waals surface area contributed by atoms with Crippen LogP contribution in [0.4, 0.5) is 0 Å². The van der Waals surface area contributed by atoms with Crippen LogP contribution >= 0.6 is 0 Å². The van der Waals surface area contributed by atoms with E-state index in [0.717, 1.165) is 44.4 Å². The van der Waals surface area contributed by atoms with Gasteiger partial charge in [-0.2, -0.15) is 0 Å². The molecule has 0 radical (unpaired) electrons. The number of rotatable bonds is 6. The summed E-state index contributed by atoms with van der Waals surface area (Å²) in [6.45, 7) is 11.2. The highest BCUT2D eigenvalue weighted by molar-refractivity contribution is 5.74. The van der Waals surface area contributed by atoms with E-state index < -0.39 is 11.4 Å². The lowest BCUT2D eigenvalue weighted by Gasteiger charge is -2.40. The molecule has 0 saturated heterocycles. The van der Waals surface area contributed by atoms with Crippen molar-refractivity contribution in [2.75, 3.05) is 0 Å². The van der Waals surface area contributed by atoms with Gasteiger partial charge in [0.15, 0.2) is 0 Å². The van der Waals surface area contributed by atoms with Crippen LogP contribution in [0, 0.1) is 29.1 Å². The molecule has 2 heteroatoms. The van der Waals surface area contributed by atoms with Gasteiger partial charge in [0.2, 0.25) is 0 Å². The van der Waals surface area contributed by atoms with E-state index in [1.807, 2.05) is 0 Å². The average molecular weight is 268 g/mol. The third kappa shape index (κ3) is 4.50. The molecule has 1 unspecified atom stereocenters. The van der Waals surface area contributed by atoms with Crippen LogP contribution in [0.5, 0.6) is 0 Å². The largest absolute Gasteiger partial charge is 0.481 e. The Kier molecular flexibility index (Phi) is 5.88. The molecular formula is C17H32O2. The monoisotopic (exact) mass is 268 g/mol. The summed E-state index contributed by atoms with van der Waals surface area (Å²) in [5.41, 5.74) is -0.431. The first-order valence-corrected chi connectivity index (χ1v) is 8.00. The minimum atomic E-state index is -0.551. The molecule has 1 aliphatic carbocycles. The predicted molar refractivity (Wildman–Crippen MR) is 80.1 cm³/mol. The Bertz CT molecular complexity index is 286. The summed E-state index contributed by atoms with van der Waals surface area (Å²) in [6, 6.07) is 0. The van der Waals surface area contributed by atoms with Gasteiger partial charge in [-0.1, -0.05) is 34.6 Å². The second-order valence-electron chi connectivity index (χ2n) is 7.61. The van der Waals surface area contributed by atoms with Crippen LogP contribution in [-0.2, 0) is 4.79 Å². The molecule has 0 bridgehead atoms. The second kappa shape index (κ2) is 6.76. The highest BCUT2D eigenvalue weighted by Gasteiger charge is 2.43. The van der Waals surface area contributed by atoms with E-state index in [-0.39, 0.29) is 0 Å². The third-order valence-electron chi connectivity index (χ3n) is 5.00. The molecule has 1 atom stereocenters. The summed E-state index contributed by atoms with van der Waals surface area (Å²) >= 11 is 0. The molecule has 1 fully saturated rings. The van der Waals surface area contributed by atoms with Crippen molar-refractivity contribution in [3.8, 4) is 0 Å². The third-order valence-corrected chi connectivity index (χ3v) is 5.00. The van der Waals surface area contributed by atoms with E-state index in [1.165, 1.54) is 0 Å². The minimum Gasteiger partial charge on any atom is -0.481 e. The lowest BCUT2D eigenvalue weighted by Crippen LogP contribution is -2.38. The SMILES string of the molecule is CC(C)CC(C)CC1(C(=O)O)CCC(C(C)C)CC1. The zero-order chi connectivity index (χ0) is 14.6. The molecule has 0 amide bonds. The molecular weight excluding hydrogens is 236 g/mol. The quantitative estimate of drug-likeness (QED) is 0.738. The molecule has 0 aliphatic heterocycles. The maximum Gasteiger partial charge on any atom is 0.309 e. The van der Waals surface area contributed by atoms with Gasteiger partial charge in [-0.25, -0.2) is 0 Å². The van der Waals surface area contributed by atoms with Crippen molar-refractivity contribution >= 4 is 5.97 Å². The number of aliphatic carboxylic acids is 1. The zero-order valence-corrected chi connectivity index (χ0v) is 13.4. The van der Waals surface area contributed by atoms with Gasteiger partial charge in [0.05, 0.1) is 5.41 Å².